The van der Waals surface area contributed by atoms with Crippen molar-refractivity contribution >= 4 is 21.8 Å². The Balaban J connectivity index is 1.82. The summed E-state index contributed by atoms with van der Waals surface area (Å²) in [4.78, 5) is 11.5. The summed E-state index contributed by atoms with van der Waals surface area (Å²) in [5.41, 5.74) is 1.03. The molecule has 1 aromatic carbocycles. The molecule has 0 aliphatic heterocycles. The van der Waals surface area contributed by atoms with E-state index in [-0.39, 0.29) is 16.3 Å². The molecule has 1 N–H and O–H groups in total. The van der Waals surface area contributed by atoms with Gasteiger partial charge in [0.1, 0.15) is 0 Å². The Morgan fingerprint density at radius 1 is 1.22 bits per heavy atom. The lowest BCUT2D eigenvalue weighted by atomic mass is 10.2. The summed E-state index contributed by atoms with van der Waals surface area (Å²) in [7, 11) is -2.62. The van der Waals surface area contributed by atoms with Crippen LogP contribution in [0.4, 0.5) is 5.82 Å². The molecule has 0 spiro atoms. The quantitative estimate of drug-likeness (QED) is 0.840. The van der Waals surface area contributed by atoms with Crippen molar-refractivity contribution in [2.24, 2.45) is 0 Å². The topological polar surface area (TPSA) is 98.2 Å². The highest BCUT2D eigenvalue weighted by Crippen LogP contribution is 2.38. The standard InChI is InChI=1S/C15H15N3O4S/c1-22-15(19)11-3-2-4-12(9-11)23(20,21)18-14-8-7-13(16-17-14)10-5-6-10/h2-4,7-10H,5-6H2,1H3,(H,17,18). The summed E-state index contributed by atoms with van der Waals surface area (Å²) in [6.07, 6.45) is 2.19. The van der Waals surface area contributed by atoms with Crippen LogP contribution in [0.5, 0.6) is 0 Å². The van der Waals surface area contributed by atoms with E-state index in [2.05, 4.69) is 19.7 Å². The number of hydrogen-bond donors (Lipinski definition) is 1. The van der Waals surface area contributed by atoms with Crippen molar-refractivity contribution in [1.82, 2.24) is 10.2 Å². The highest BCUT2D eigenvalue weighted by Gasteiger charge is 2.25. The molecule has 1 saturated carbocycles. The van der Waals surface area contributed by atoms with Crippen LogP contribution in [0.2, 0.25) is 0 Å². The minimum absolute atomic E-state index is 0.0477. The lowest BCUT2D eigenvalue weighted by Gasteiger charge is -2.08. The molecule has 2 aromatic rings. The van der Waals surface area contributed by atoms with Crippen molar-refractivity contribution in [3.05, 3.63) is 47.7 Å². The van der Waals surface area contributed by atoms with E-state index in [1.165, 1.54) is 31.4 Å². The number of ether oxygens (including phenoxy) is 1. The Morgan fingerprint density at radius 2 is 2.00 bits per heavy atom. The third-order valence-corrected chi connectivity index (χ3v) is 4.84. The van der Waals surface area contributed by atoms with Crippen molar-refractivity contribution in [3.63, 3.8) is 0 Å². The largest absolute Gasteiger partial charge is 0.465 e. The predicted molar refractivity (Wildman–Crippen MR) is 82.6 cm³/mol. The van der Waals surface area contributed by atoms with Gasteiger partial charge >= 0.3 is 5.97 Å². The molecule has 3 rings (SSSR count). The monoisotopic (exact) mass is 333 g/mol. The zero-order valence-electron chi connectivity index (χ0n) is 12.4. The Hall–Kier alpha value is -2.48. The summed E-state index contributed by atoms with van der Waals surface area (Å²) in [5.74, 6) is -0.0154. The number of nitrogens with zero attached hydrogens (tertiary/aromatic N) is 2. The SMILES string of the molecule is COC(=O)c1cccc(S(=O)(=O)Nc2ccc(C3CC3)nn2)c1. The van der Waals surface area contributed by atoms with Crippen LogP contribution in [-0.4, -0.2) is 31.7 Å². The summed E-state index contributed by atoms with van der Waals surface area (Å²) in [6.45, 7) is 0. The lowest BCUT2D eigenvalue weighted by Crippen LogP contribution is -2.15. The average molecular weight is 333 g/mol. The van der Waals surface area contributed by atoms with E-state index in [4.69, 9.17) is 0 Å². The van der Waals surface area contributed by atoms with Gasteiger partial charge in [0.2, 0.25) is 0 Å². The molecule has 1 aliphatic carbocycles. The number of sulfonamides is 1. The zero-order chi connectivity index (χ0) is 16.4. The van der Waals surface area contributed by atoms with Gasteiger partial charge in [-0.3, -0.25) is 4.72 Å². The Bertz CT molecular complexity index is 830. The van der Waals surface area contributed by atoms with E-state index in [1.807, 2.05) is 0 Å². The molecule has 0 atom stereocenters. The molecule has 1 fully saturated rings. The predicted octanol–water partition coefficient (Wildman–Crippen LogP) is 1.94. The normalized spacial score (nSPS) is 14.3. The first-order valence-corrected chi connectivity index (χ1v) is 8.53. The maximum atomic E-state index is 12.4. The van der Waals surface area contributed by atoms with Gasteiger partial charge in [0.05, 0.1) is 23.3 Å². The number of anilines is 1. The van der Waals surface area contributed by atoms with E-state index in [1.54, 1.807) is 12.1 Å². The smallest absolute Gasteiger partial charge is 0.337 e. The summed E-state index contributed by atoms with van der Waals surface area (Å²) < 4.78 is 31.7. The minimum Gasteiger partial charge on any atom is -0.465 e. The lowest BCUT2D eigenvalue weighted by molar-refractivity contribution is 0.0600. The highest BCUT2D eigenvalue weighted by molar-refractivity contribution is 7.92. The number of nitrogens with one attached hydrogen (secondary N) is 1. The third kappa shape index (κ3) is 3.48. The van der Waals surface area contributed by atoms with E-state index in [9.17, 15) is 13.2 Å². The van der Waals surface area contributed by atoms with Gasteiger partial charge in [0.15, 0.2) is 5.82 Å². The fourth-order valence-corrected chi connectivity index (χ4v) is 3.14. The van der Waals surface area contributed by atoms with Crippen LogP contribution in [-0.2, 0) is 14.8 Å². The fourth-order valence-electron chi connectivity index (χ4n) is 2.10. The number of benzene rings is 1. The molecule has 0 amide bonds. The molecule has 1 heterocycles. The molecule has 0 radical (unpaired) electrons. The number of methoxy groups -OCH3 is 1. The van der Waals surface area contributed by atoms with E-state index in [0.29, 0.717) is 5.92 Å². The first kappa shape index (κ1) is 15.4. The number of aromatic nitrogens is 2. The fraction of sp³-hybridized carbons (Fsp3) is 0.267. The van der Waals surface area contributed by atoms with E-state index in [0.717, 1.165) is 18.5 Å². The van der Waals surface area contributed by atoms with Gasteiger partial charge in [-0.05, 0) is 43.2 Å². The molecule has 1 aromatic heterocycles. The number of esters is 1. The van der Waals surface area contributed by atoms with Gasteiger partial charge in [-0.1, -0.05) is 6.07 Å². The van der Waals surface area contributed by atoms with Gasteiger partial charge < -0.3 is 4.74 Å². The Morgan fingerprint density at radius 3 is 2.61 bits per heavy atom. The molecule has 8 heteroatoms. The second-order valence-corrected chi connectivity index (χ2v) is 6.93. The average Bonchev–Trinajstić information content (AvgIpc) is 3.39. The maximum Gasteiger partial charge on any atom is 0.337 e. The molecule has 120 valence electrons. The second kappa shape index (κ2) is 5.96. The molecule has 0 unspecified atom stereocenters. The zero-order valence-corrected chi connectivity index (χ0v) is 13.2. The number of hydrogen-bond acceptors (Lipinski definition) is 6. The molecular weight excluding hydrogens is 318 g/mol. The Labute approximate surface area is 133 Å². The van der Waals surface area contributed by atoms with Crippen LogP contribution in [0.1, 0.15) is 34.8 Å². The first-order chi connectivity index (χ1) is 11.0. The van der Waals surface area contributed by atoms with E-state index >= 15 is 0 Å². The van der Waals surface area contributed by atoms with Crippen LogP contribution in [0.15, 0.2) is 41.3 Å². The van der Waals surface area contributed by atoms with Crippen molar-refractivity contribution in [2.45, 2.75) is 23.7 Å². The van der Waals surface area contributed by atoms with Crippen LogP contribution < -0.4 is 4.72 Å². The number of carbonyl (C=O) groups excluding carboxylic acids is 1. The van der Waals surface area contributed by atoms with Gasteiger partial charge in [0.25, 0.3) is 10.0 Å². The molecular formula is C15H15N3O4S. The van der Waals surface area contributed by atoms with Crippen molar-refractivity contribution in [1.29, 1.82) is 0 Å². The van der Waals surface area contributed by atoms with Gasteiger partial charge in [-0.15, -0.1) is 5.10 Å². The van der Waals surface area contributed by atoms with Crippen LogP contribution in [0.3, 0.4) is 0 Å². The van der Waals surface area contributed by atoms with Gasteiger partial charge in [0, 0.05) is 5.92 Å². The molecule has 23 heavy (non-hydrogen) atoms. The van der Waals surface area contributed by atoms with Crippen LogP contribution in [0, 0.1) is 0 Å². The van der Waals surface area contributed by atoms with Crippen LogP contribution in [0.25, 0.3) is 0 Å². The Kier molecular flexibility index (Phi) is 3.99. The van der Waals surface area contributed by atoms with Crippen LogP contribution >= 0.6 is 0 Å². The molecule has 1 aliphatic rings. The summed E-state index contributed by atoms with van der Waals surface area (Å²) in [6, 6.07) is 8.95. The van der Waals surface area contributed by atoms with Crippen molar-refractivity contribution in [3.8, 4) is 0 Å². The minimum atomic E-state index is -3.86. The van der Waals surface area contributed by atoms with Gasteiger partial charge in [-0.25, -0.2) is 13.2 Å². The van der Waals surface area contributed by atoms with Crippen molar-refractivity contribution in [2.75, 3.05) is 11.8 Å². The first-order valence-electron chi connectivity index (χ1n) is 7.04. The summed E-state index contributed by atoms with van der Waals surface area (Å²) >= 11 is 0. The molecule has 0 saturated heterocycles. The highest BCUT2D eigenvalue weighted by atomic mass is 32.2. The van der Waals surface area contributed by atoms with Crippen molar-refractivity contribution < 1.29 is 17.9 Å². The summed E-state index contributed by atoms with van der Waals surface area (Å²) in [5, 5.41) is 7.92. The number of carbonyl (C=O) groups is 1. The van der Waals surface area contributed by atoms with Gasteiger partial charge in [-0.2, -0.15) is 5.10 Å². The second-order valence-electron chi connectivity index (χ2n) is 5.24. The van der Waals surface area contributed by atoms with E-state index < -0.39 is 16.0 Å². The molecule has 0 bridgehead atoms. The molecule has 7 nitrogen and oxygen atoms in total. The maximum absolute atomic E-state index is 12.4. The third-order valence-electron chi connectivity index (χ3n) is 3.49. The number of rotatable bonds is 5.